The number of hydrogen-bond acceptors (Lipinski definition) is 5. The molecule has 0 amide bonds. The summed E-state index contributed by atoms with van der Waals surface area (Å²) in [7, 11) is 1.67. The van der Waals surface area contributed by atoms with Crippen LogP contribution in [0.3, 0.4) is 0 Å². The Morgan fingerprint density at radius 2 is 1.70 bits per heavy atom. The fourth-order valence-electron chi connectivity index (χ4n) is 2.72. The SMILES string of the molecule is COc1ccc(CCNc2nccc(Nc3ccc(C(C)C)cc3)n2)cc1. The predicted octanol–water partition coefficient (Wildman–Crippen LogP) is 5.01. The van der Waals surface area contributed by atoms with Crippen LogP contribution in [0, 0.1) is 0 Å². The zero-order valence-electron chi connectivity index (χ0n) is 16.1. The summed E-state index contributed by atoms with van der Waals surface area (Å²) in [5, 5.41) is 6.60. The first kappa shape index (κ1) is 18.7. The molecule has 0 fully saturated rings. The van der Waals surface area contributed by atoms with Gasteiger partial charge in [-0.05, 0) is 53.8 Å². The normalized spacial score (nSPS) is 10.7. The van der Waals surface area contributed by atoms with Crippen LogP contribution < -0.4 is 15.4 Å². The summed E-state index contributed by atoms with van der Waals surface area (Å²) in [6.07, 6.45) is 2.65. The maximum absolute atomic E-state index is 5.18. The zero-order valence-corrected chi connectivity index (χ0v) is 16.1. The second-order valence-electron chi connectivity index (χ2n) is 6.69. The number of ether oxygens (including phenoxy) is 1. The molecule has 2 aromatic carbocycles. The van der Waals surface area contributed by atoms with E-state index in [0.29, 0.717) is 11.9 Å². The molecule has 1 aromatic heterocycles. The van der Waals surface area contributed by atoms with Gasteiger partial charge < -0.3 is 15.4 Å². The van der Waals surface area contributed by atoms with Crippen LogP contribution in [0.4, 0.5) is 17.5 Å². The highest BCUT2D eigenvalue weighted by Gasteiger charge is 2.02. The van der Waals surface area contributed by atoms with Crippen LogP contribution in [0.5, 0.6) is 5.75 Å². The number of methoxy groups -OCH3 is 1. The maximum atomic E-state index is 5.18. The summed E-state index contributed by atoms with van der Waals surface area (Å²) in [6.45, 7) is 5.15. The van der Waals surface area contributed by atoms with Gasteiger partial charge in [-0.2, -0.15) is 4.98 Å². The van der Waals surface area contributed by atoms with Crippen molar-refractivity contribution in [2.75, 3.05) is 24.3 Å². The number of aromatic nitrogens is 2. The van der Waals surface area contributed by atoms with Crippen molar-refractivity contribution in [3.63, 3.8) is 0 Å². The van der Waals surface area contributed by atoms with Gasteiger partial charge in [0.2, 0.25) is 5.95 Å². The average molecular weight is 362 g/mol. The van der Waals surface area contributed by atoms with Gasteiger partial charge in [0, 0.05) is 18.4 Å². The van der Waals surface area contributed by atoms with E-state index < -0.39 is 0 Å². The Kier molecular flexibility index (Phi) is 6.26. The lowest BCUT2D eigenvalue weighted by atomic mass is 10.0. The summed E-state index contributed by atoms with van der Waals surface area (Å²) in [5.74, 6) is 2.79. The lowest BCUT2D eigenvalue weighted by molar-refractivity contribution is 0.414. The van der Waals surface area contributed by atoms with Gasteiger partial charge in [0.15, 0.2) is 0 Å². The summed E-state index contributed by atoms with van der Waals surface area (Å²) >= 11 is 0. The number of rotatable bonds is 8. The van der Waals surface area contributed by atoms with Crippen molar-refractivity contribution in [1.29, 1.82) is 0 Å². The van der Waals surface area contributed by atoms with Crippen molar-refractivity contribution in [3.8, 4) is 5.75 Å². The van der Waals surface area contributed by atoms with Crippen LogP contribution in [-0.4, -0.2) is 23.6 Å². The molecule has 140 valence electrons. The van der Waals surface area contributed by atoms with Gasteiger partial charge in [-0.25, -0.2) is 4.98 Å². The van der Waals surface area contributed by atoms with Crippen molar-refractivity contribution in [3.05, 3.63) is 71.9 Å². The van der Waals surface area contributed by atoms with E-state index >= 15 is 0 Å². The molecule has 27 heavy (non-hydrogen) atoms. The quantitative estimate of drug-likeness (QED) is 0.590. The third-order valence-corrected chi connectivity index (χ3v) is 4.36. The standard InChI is InChI=1S/C22H26N4O/c1-16(2)18-6-8-19(9-7-18)25-21-13-15-24-22(26-21)23-14-12-17-4-10-20(27-3)11-5-17/h4-11,13,15-16H,12,14H2,1-3H3,(H2,23,24,25,26). The Balaban J connectivity index is 1.55. The van der Waals surface area contributed by atoms with E-state index in [2.05, 4.69) is 70.8 Å². The van der Waals surface area contributed by atoms with Crippen LogP contribution in [0.2, 0.25) is 0 Å². The lowest BCUT2D eigenvalue weighted by Crippen LogP contribution is -2.08. The molecule has 0 spiro atoms. The zero-order chi connectivity index (χ0) is 19.1. The van der Waals surface area contributed by atoms with E-state index in [1.54, 1.807) is 13.3 Å². The van der Waals surface area contributed by atoms with Gasteiger partial charge in [-0.1, -0.05) is 38.1 Å². The molecule has 0 saturated heterocycles. The van der Waals surface area contributed by atoms with Crippen LogP contribution in [0.15, 0.2) is 60.8 Å². The van der Waals surface area contributed by atoms with Crippen molar-refractivity contribution >= 4 is 17.5 Å². The molecule has 0 bridgehead atoms. The van der Waals surface area contributed by atoms with Gasteiger partial charge >= 0.3 is 0 Å². The fraction of sp³-hybridized carbons (Fsp3) is 0.273. The first-order chi connectivity index (χ1) is 13.1. The summed E-state index contributed by atoms with van der Waals surface area (Å²) < 4.78 is 5.18. The molecule has 0 aliphatic rings. The molecular formula is C22H26N4O. The second-order valence-corrected chi connectivity index (χ2v) is 6.69. The minimum absolute atomic E-state index is 0.527. The molecule has 1 heterocycles. The molecule has 0 radical (unpaired) electrons. The van der Waals surface area contributed by atoms with Crippen LogP contribution in [0.25, 0.3) is 0 Å². The van der Waals surface area contributed by atoms with Crippen LogP contribution in [0.1, 0.15) is 30.9 Å². The van der Waals surface area contributed by atoms with Crippen LogP contribution >= 0.6 is 0 Å². The van der Waals surface area contributed by atoms with Crippen molar-refractivity contribution in [2.45, 2.75) is 26.2 Å². The maximum Gasteiger partial charge on any atom is 0.224 e. The van der Waals surface area contributed by atoms with Gasteiger partial charge in [-0.3, -0.25) is 0 Å². The minimum atomic E-state index is 0.527. The molecule has 3 rings (SSSR count). The molecule has 2 N–H and O–H groups in total. The van der Waals surface area contributed by atoms with Gasteiger partial charge in [0.05, 0.1) is 7.11 Å². The highest BCUT2D eigenvalue weighted by molar-refractivity contribution is 5.57. The van der Waals surface area contributed by atoms with E-state index in [1.165, 1.54) is 11.1 Å². The molecule has 0 aliphatic carbocycles. The van der Waals surface area contributed by atoms with E-state index in [1.807, 2.05) is 18.2 Å². The predicted molar refractivity (Wildman–Crippen MR) is 111 cm³/mol. The van der Waals surface area contributed by atoms with Gasteiger partial charge in [0.1, 0.15) is 11.6 Å². The number of nitrogens with zero attached hydrogens (tertiary/aromatic N) is 2. The molecule has 0 aliphatic heterocycles. The molecular weight excluding hydrogens is 336 g/mol. The third-order valence-electron chi connectivity index (χ3n) is 4.36. The highest BCUT2D eigenvalue weighted by atomic mass is 16.5. The van der Waals surface area contributed by atoms with Crippen molar-refractivity contribution in [1.82, 2.24) is 9.97 Å². The van der Waals surface area contributed by atoms with E-state index in [9.17, 15) is 0 Å². The fourth-order valence-corrected chi connectivity index (χ4v) is 2.72. The molecule has 0 atom stereocenters. The van der Waals surface area contributed by atoms with Crippen LogP contribution in [-0.2, 0) is 6.42 Å². The van der Waals surface area contributed by atoms with E-state index in [4.69, 9.17) is 4.74 Å². The Morgan fingerprint density at radius 1 is 0.963 bits per heavy atom. The smallest absolute Gasteiger partial charge is 0.224 e. The first-order valence-electron chi connectivity index (χ1n) is 9.21. The Bertz CT molecular complexity index is 845. The number of anilines is 3. The Morgan fingerprint density at radius 3 is 2.37 bits per heavy atom. The molecule has 0 unspecified atom stereocenters. The minimum Gasteiger partial charge on any atom is -0.497 e. The molecule has 0 saturated carbocycles. The van der Waals surface area contributed by atoms with E-state index in [-0.39, 0.29) is 0 Å². The van der Waals surface area contributed by atoms with Gasteiger partial charge in [0.25, 0.3) is 0 Å². The summed E-state index contributed by atoms with van der Waals surface area (Å²) in [5.41, 5.74) is 3.58. The summed E-state index contributed by atoms with van der Waals surface area (Å²) in [6, 6.07) is 18.4. The van der Waals surface area contributed by atoms with E-state index in [0.717, 1.165) is 30.2 Å². The Hall–Kier alpha value is -3.08. The number of nitrogens with one attached hydrogen (secondary N) is 2. The topological polar surface area (TPSA) is 59.1 Å². The number of benzene rings is 2. The third kappa shape index (κ3) is 5.45. The lowest BCUT2D eigenvalue weighted by Gasteiger charge is -2.10. The number of hydrogen-bond donors (Lipinski definition) is 2. The largest absolute Gasteiger partial charge is 0.497 e. The average Bonchev–Trinajstić information content (AvgIpc) is 2.69. The van der Waals surface area contributed by atoms with Crippen molar-refractivity contribution < 1.29 is 4.74 Å². The van der Waals surface area contributed by atoms with Crippen molar-refractivity contribution in [2.24, 2.45) is 0 Å². The summed E-state index contributed by atoms with van der Waals surface area (Å²) in [4.78, 5) is 8.83. The second kappa shape index (κ2) is 9.03. The molecule has 5 heteroatoms. The monoisotopic (exact) mass is 362 g/mol. The highest BCUT2D eigenvalue weighted by Crippen LogP contribution is 2.20. The molecule has 3 aromatic rings. The Labute approximate surface area is 160 Å². The van der Waals surface area contributed by atoms with Gasteiger partial charge in [-0.15, -0.1) is 0 Å². The first-order valence-corrected chi connectivity index (χ1v) is 9.21. The molecule has 5 nitrogen and oxygen atoms in total.